The number of amides is 2. The average Bonchev–Trinajstić information content (AvgIpc) is 3.44. The van der Waals surface area contributed by atoms with Gasteiger partial charge >= 0.3 is 0 Å². The van der Waals surface area contributed by atoms with Gasteiger partial charge in [-0.1, -0.05) is 6.07 Å². The number of anilines is 1. The number of pyridine rings is 1. The molecule has 2 aliphatic rings. The number of fused-ring (bicyclic) bond motifs is 1. The Hall–Kier alpha value is -2.73. The minimum absolute atomic E-state index is 0.0218. The van der Waals surface area contributed by atoms with Crippen molar-refractivity contribution in [3.63, 3.8) is 0 Å². The van der Waals surface area contributed by atoms with Gasteiger partial charge in [0.25, 0.3) is 0 Å². The Morgan fingerprint density at radius 1 is 1.07 bits per heavy atom. The first kappa shape index (κ1) is 20.5. The molecule has 1 aromatic carbocycles. The normalized spacial score (nSPS) is 17.5. The van der Waals surface area contributed by atoms with Crippen molar-refractivity contribution in [1.82, 2.24) is 9.88 Å². The quantitative estimate of drug-likeness (QED) is 0.727. The van der Waals surface area contributed by atoms with E-state index < -0.39 is 0 Å². The summed E-state index contributed by atoms with van der Waals surface area (Å²) in [5, 5.41) is 2.95. The van der Waals surface area contributed by atoms with Crippen LogP contribution in [0.2, 0.25) is 0 Å². The highest BCUT2D eigenvalue weighted by Gasteiger charge is 2.23. The first-order valence-corrected chi connectivity index (χ1v) is 10.9. The minimum Gasteiger partial charge on any atom is -0.376 e. The number of carbonyl (C=O) groups is 2. The minimum atomic E-state index is -0.123. The van der Waals surface area contributed by atoms with Gasteiger partial charge in [0.2, 0.25) is 11.8 Å². The molecule has 1 saturated heterocycles. The van der Waals surface area contributed by atoms with Gasteiger partial charge in [0.05, 0.1) is 6.10 Å². The zero-order chi connectivity index (χ0) is 20.8. The largest absolute Gasteiger partial charge is 0.376 e. The van der Waals surface area contributed by atoms with Gasteiger partial charge in [-0.05, 0) is 73.1 Å². The van der Waals surface area contributed by atoms with E-state index in [1.165, 1.54) is 17.5 Å². The molecule has 1 aliphatic carbocycles. The van der Waals surface area contributed by atoms with Crippen LogP contribution in [0.4, 0.5) is 5.69 Å². The number of hydrogen-bond donors (Lipinski definition) is 1. The smallest absolute Gasteiger partial charge is 0.224 e. The Morgan fingerprint density at radius 2 is 1.90 bits per heavy atom. The van der Waals surface area contributed by atoms with E-state index in [4.69, 9.17) is 4.74 Å². The van der Waals surface area contributed by atoms with Gasteiger partial charge in [0.1, 0.15) is 0 Å². The molecule has 6 heteroatoms. The third kappa shape index (κ3) is 5.45. The van der Waals surface area contributed by atoms with Crippen molar-refractivity contribution >= 4 is 17.5 Å². The van der Waals surface area contributed by atoms with Crippen molar-refractivity contribution in [1.29, 1.82) is 0 Å². The number of aromatic nitrogens is 1. The van der Waals surface area contributed by atoms with Gasteiger partial charge in [0.15, 0.2) is 0 Å². The maximum atomic E-state index is 12.9. The maximum absolute atomic E-state index is 12.9. The number of ether oxygens (including phenoxy) is 1. The highest BCUT2D eigenvalue weighted by molar-refractivity contribution is 5.93. The SMILES string of the molecule is O=C(CCC(=O)N(Cc1ccncc1)CC1CCCO1)Nc1ccc2c(c1)CCC2. The van der Waals surface area contributed by atoms with E-state index in [2.05, 4.69) is 22.4 Å². The van der Waals surface area contributed by atoms with E-state index in [1.54, 1.807) is 12.4 Å². The van der Waals surface area contributed by atoms with Crippen molar-refractivity contribution < 1.29 is 14.3 Å². The summed E-state index contributed by atoms with van der Waals surface area (Å²) in [6.07, 6.45) is 9.28. The molecule has 1 N–H and O–H groups in total. The second-order valence-corrected chi connectivity index (χ2v) is 8.15. The molecular weight excluding hydrogens is 378 g/mol. The number of benzene rings is 1. The lowest BCUT2D eigenvalue weighted by Gasteiger charge is -2.25. The van der Waals surface area contributed by atoms with Crippen LogP contribution in [0.25, 0.3) is 0 Å². The fraction of sp³-hybridized carbons (Fsp3) is 0.458. The Labute approximate surface area is 177 Å². The number of nitrogens with one attached hydrogen (secondary N) is 1. The molecule has 1 aromatic heterocycles. The van der Waals surface area contributed by atoms with Crippen LogP contribution in [-0.4, -0.2) is 41.0 Å². The lowest BCUT2D eigenvalue weighted by atomic mass is 10.1. The average molecular weight is 408 g/mol. The van der Waals surface area contributed by atoms with Gasteiger partial charge in [0, 0.05) is 50.6 Å². The lowest BCUT2D eigenvalue weighted by Crippen LogP contribution is -2.37. The Kier molecular flexibility index (Phi) is 6.74. The highest BCUT2D eigenvalue weighted by Crippen LogP contribution is 2.25. The number of carbonyl (C=O) groups excluding carboxylic acids is 2. The maximum Gasteiger partial charge on any atom is 0.224 e. The molecule has 4 rings (SSSR count). The van der Waals surface area contributed by atoms with E-state index >= 15 is 0 Å². The molecule has 6 nitrogen and oxygen atoms in total. The van der Waals surface area contributed by atoms with Crippen LogP contribution in [0.5, 0.6) is 0 Å². The van der Waals surface area contributed by atoms with Crippen LogP contribution in [0.1, 0.15) is 48.8 Å². The monoisotopic (exact) mass is 407 g/mol. The van der Waals surface area contributed by atoms with Crippen LogP contribution in [-0.2, 0) is 33.7 Å². The first-order valence-electron chi connectivity index (χ1n) is 10.9. The molecule has 30 heavy (non-hydrogen) atoms. The third-order valence-electron chi connectivity index (χ3n) is 5.87. The van der Waals surface area contributed by atoms with Crippen LogP contribution >= 0.6 is 0 Å². The lowest BCUT2D eigenvalue weighted by molar-refractivity contribution is -0.134. The summed E-state index contributed by atoms with van der Waals surface area (Å²) in [6.45, 7) is 1.83. The summed E-state index contributed by atoms with van der Waals surface area (Å²) in [5.74, 6) is -0.145. The van der Waals surface area contributed by atoms with Gasteiger partial charge in [-0.25, -0.2) is 0 Å². The van der Waals surface area contributed by atoms with E-state index in [0.717, 1.165) is 43.5 Å². The number of aryl methyl sites for hydroxylation is 2. The van der Waals surface area contributed by atoms with Crippen molar-refractivity contribution in [2.75, 3.05) is 18.5 Å². The molecule has 0 radical (unpaired) electrons. The first-order chi connectivity index (χ1) is 14.7. The van der Waals surface area contributed by atoms with Crippen molar-refractivity contribution in [3.8, 4) is 0 Å². The summed E-state index contributed by atoms with van der Waals surface area (Å²) in [6, 6.07) is 9.94. The topological polar surface area (TPSA) is 71.5 Å². The molecule has 1 unspecified atom stereocenters. The van der Waals surface area contributed by atoms with Gasteiger partial charge in [-0.15, -0.1) is 0 Å². The molecule has 1 aliphatic heterocycles. The molecule has 0 spiro atoms. The zero-order valence-electron chi connectivity index (χ0n) is 17.3. The Balaban J connectivity index is 1.32. The predicted molar refractivity (Wildman–Crippen MR) is 115 cm³/mol. The molecule has 2 amide bonds. The molecule has 2 aromatic rings. The summed E-state index contributed by atoms with van der Waals surface area (Å²) >= 11 is 0. The molecule has 158 valence electrons. The standard InChI is InChI=1S/C24H29N3O3/c28-23(26-21-7-6-19-3-1-4-20(19)15-21)8-9-24(29)27(17-22-5-2-14-30-22)16-18-10-12-25-13-11-18/h6-7,10-13,15,22H,1-5,8-9,14,16-17H2,(H,26,28). The van der Waals surface area contributed by atoms with E-state index in [9.17, 15) is 9.59 Å². The van der Waals surface area contributed by atoms with Crippen LogP contribution in [0.3, 0.4) is 0 Å². The summed E-state index contributed by atoms with van der Waals surface area (Å²) in [7, 11) is 0. The summed E-state index contributed by atoms with van der Waals surface area (Å²) in [4.78, 5) is 31.2. The molecule has 0 bridgehead atoms. The molecule has 0 saturated carbocycles. The van der Waals surface area contributed by atoms with Gasteiger partial charge in [-0.3, -0.25) is 14.6 Å². The second-order valence-electron chi connectivity index (χ2n) is 8.15. The molecule has 1 atom stereocenters. The molecule has 1 fully saturated rings. The summed E-state index contributed by atoms with van der Waals surface area (Å²) < 4.78 is 5.73. The van der Waals surface area contributed by atoms with Crippen molar-refractivity contribution in [2.24, 2.45) is 0 Å². The van der Waals surface area contributed by atoms with Gasteiger partial charge < -0.3 is 15.0 Å². The van der Waals surface area contributed by atoms with Crippen molar-refractivity contribution in [3.05, 3.63) is 59.4 Å². The fourth-order valence-electron chi connectivity index (χ4n) is 4.25. The predicted octanol–water partition coefficient (Wildman–Crippen LogP) is 3.50. The number of rotatable bonds is 8. The van der Waals surface area contributed by atoms with Gasteiger partial charge in [-0.2, -0.15) is 0 Å². The van der Waals surface area contributed by atoms with Crippen LogP contribution in [0, 0.1) is 0 Å². The van der Waals surface area contributed by atoms with Crippen LogP contribution in [0.15, 0.2) is 42.7 Å². The van der Waals surface area contributed by atoms with E-state index in [1.807, 2.05) is 23.1 Å². The Bertz CT molecular complexity index is 879. The van der Waals surface area contributed by atoms with E-state index in [0.29, 0.717) is 13.1 Å². The summed E-state index contributed by atoms with van der Waals surface area (Å²) in [5.41, 5.74) is 4.55. The highest BCUT2D eigenvalue weighted by atomic mass is 16.5. The Morgan fingerprint density at radius 3 is 2.70 bits per heavy atom. The van der Waals surface area contributed by atoms with Crippen molar-refractivity contribution in [2.45, 2.75) is 57.6 Å². The fourth-order valence-corrected chi connectivity index (χ4v) is 4.25. The third-order valence-corrected chi connectivity index (χ3v) is 5.87. The molecular formula is C24H29N3O3. The number of hydrogen-bond acceptors (Lipinski definition) is 4. The number of nitrogens with zero attached hydrogens (tertiary/aromatic N) is 2. The van der Waals surface area contributed by atoms with Crippen LogP contribution < -0.4 is 5.32 Å². The second kappa shape index (κ2) is 9.85. The van der Waals surface area contributed by atoms with E-state index in [-0.39, 0.29) is 30.8 Å². The molecule has 2 heterocycles. The zero-order valence-corrected chi connectivity index (χ0v) is 17.3.